The molecule has 17 heavy (non-hydrogen) atoms. The van der Waals surface area contributed by atoms with E-state index in [4.69, 9.17) is 9.84 Å². The third-order valence-corrected chi connectivity index (χ3v) is 4.22. The summed E-state index contributed by atoms with van der Waals surface area (Å²) in [4.78, 5) is 13.9. The molecule has 4 nitrogen and oxygen atoms in total. The van der Waals surface area contributed by atoms with E-state index in [-0.39, 0.29) is 12.6 Å². The Morgan fingerprint density at radius 1 is 1.47 bits per heavy atom. The SMILES string of the molecule is CCOC(=O)CC1CC2CCC1CN2CCO. The largest absolute Gasteiger partial charge is 0.466 e. The van der Waals surface area contributed by atoms with Crippen molar-refractivity contribution < 1.29 is 14.6 Å². The highest BCUT2D eigenvalue weighted by atomic mass is 16.5. The summed E-state index contributed by atoms with van der Waals surface area (Å²) in [5.41, 5.74) is 0. The molecule has 2 saturated heterocycles. The quantitative estimate of drug-likeness (QED) is 0.730. The lowest BCUT2D eigenvalue weighted by Gasteiger charge is -2.49. The van der Waals surface area contributed by atoms with Gasteiger partial charge in [-0.15, -0.1) is 0 Å². The van der Waals surface area contributed by atoms with Gasteiger partial charge in [0.15, 0.2) is 0 Å². The third-order valence-electron chi connectivity index (χ3n) is 4.22. The average Bonchev–Trinajstić information content (AvgIpc) is 2.31. The first-order valence-corrected chi connectivity index (χ1v) is 6.75. The molecular weight excluding hydrogens is 218 g/mol. The molecule has 0 radical (unpaired) electrons. The van der Waals surface area contributed by atoms with Crippen molar-refractivity contribution in [2.24, 2.45) is 11.8 Å². The molecule has 0 spiro atoms. The Kier molecular flexibility index (Phi) is 4.40. The van der Waals surface area contributed by atoms with Crippen LogP contribution >= 0.6 is 0 Å². The number of aliphatic hydroxyl groups excluding tert-OH is 1. The monoisotopic (exact) mass is 241 g/mol. The Balaban J connectivity index is 1.86. The van der Waals surface area contributed by atoms with Crippen LogP contribution < -0.4 is 0 Å². The van der Waals surface area contributed by atoms with Gasteiger partial charge in [-0.05, 0) is 38.0 Å². The van der Waals surface area contributed by atoms with Crippen molar-refractivity contribution in [2.45, 2.75) is 38.6 Å². The minimum absolute atomic E-state index is 0.0428. The molecule has 3 fully saturated rings. The molecule has 0 aromatic carbocycles. The molecule has 2 bridgehead atoms. The van der Waals surface area contributed by atoms with Gasteiger partial charge in [0.25, 0.3) is 0 Å². The fourth-order valence-corrected chi connectivity index (χ4v) is 3.41. The molecule has 2 heterocycles. The van der Waals surface area contributed by atoms with Crippen LogP contribution in [0, 0.1) is 11.8 Å². The number of aliphatic hydroxyl groups is 1. The molecule has 1 saturated carbocycles. The van der Waals surface area contributed by atoms with Crippen molar-refractivity contribution in [2.75, 3.05) is 26.3 Å². The van der Waals surface area contributed by atoms with Crippen LogP contribution in [-0.2, 0) is 9.53 Å². The second-order valence-electron chi connectivity index (χ2n) is 5.21. The first-order valence-electron chi connectivity index (χ1n) is 6.75. The lowest BCUT2D eigenvalue weighted by atomic mass is 9.71. The van der Waals surface area contributed by atoms with Crippen molar-refractivity contribution in [3.63, 3.8) is 0 Å². The molecular formula is C13H23NO3. The van der Waals surface area contributed by atoms with Crippen molar-refractivity contribution >= 4 is 5.97 Å². The van der Waals surface area contributed by atoms with Crippen molar-refractivity contribution in [1.29, 1.82) is 0 Å². The first kappa shape index (κ1) is 12.8. The predicted molar refractivity (Wildman–Crippen MR) is 64.5 cm³/mol. The Hall–Kier alpha value is -0.610. The summed E-state index contributed by atoms with van der Waals surface area (Å²) in [5, 5.41) is 9.01. The van der Waals surface area contributed by atoms with E-state index >= 15 is 0 Å². The summed E-state index contributed by atoms with van der Waals surface area (Å²) >= 11 is 0. The predicted octanol–water partition coefficient (Wildman–Crippen LogP) is 1.03. The fourth-order valence-electron chi connectivity index (χ4n) is 3.41. The minimum Gasteiger partial charge on any atom is -0.466 e. The normalized spacial score (nSPS) is 32.7. The summed E-state index contributed by atoms with van der Waals surface area (Å²) < 4.78 is 5.03. The van der Waals surface area contributed by atoms with Gasteiger partial charge >= 0.3 is 5.97 Å². The number of hydrogen-bond donors (Lipinski definition) is 1. The zero-order valence-corrected chi connectivity index (χ0v) is 10.6. The second kappa shape index (κ2) is 5.83. The Morgan fingerprint density at radius 2 is 2.29 bits per heavy atom. The minimum atomic E-state index is -0.0428. The summed E-state index contributed by atoms with van der Waals surface area (Å²) in [6.07, 6.45) is 4.14. The Bertz CT molecular complexity index is 269. The van der Waals surface area contributed by atoms with Gasteiger partial charge in [0.1, 0.15) is 0 Å². The number of esters is 1. The van der Waals surface area contributed by atoms with Crippen LogP contribution in [0.1, 0.15) is 32.6 Å². The first-order chi connectivity index (χ1) is 8.24. The number of rotatable bonds is 5. The van der Waals surface area contributed by atoms with E-state index in [2.05, 4.69) is 4.90 Å². The van der Waals surface area contributed by atoms with Gasteiger partial charge in [0.05, 0.1) is 13.2 Å². The maximum atomic E-state index is 11.5. The highest BCUT2D eigenvalue weighted by Gasteiger charge is 2.40. The van der Waals surface area contributed by atoms with Gasteiger partial charge in [0.2, 0.25) is 0 Å². The molecule has 3 atom stereocenters. The molecule has 4 heteroatoms. The average molecular weight is 241 g/mol. The molecule has 3 rings (SSSR count). The van der Waals surface area contributed by atoms with Gasteiger partial charge in [-0.3, -0.25) is 9.69 Å². The summed E-state index contributed by atoms with van der Waals surface area (Å²) in [6, 6.07) is 0.576. The van der Waals surface area contributed by atoms with Crippen molar-refractivity contribution in [1.82, 2.24) is 4.90 Å². The van der Waals surface area contributed by atoms with Crippen LogP contribution in [-0.4, -0.2) is 48.3 Å². The number of hydrogen-bond acceptors (Lipinski definition) is 4. The van der Waals surface area contributed by atoms with Gasteiger partial charge in [-0.1, -0.05) is 0 Å². The standard InChI is InChI=1S/C13H23NO3/c1-2-17-13(16)8-11-7-12-4-3-10(11)9-14(12)5-6-15/h10-12,15H,2-9H2,1H3. The molecule has 2 aliphatic heterocycles. The summed E-state index contributed by atoms with van der Waals surface area (Å²) in [7, 11) is 0. The molecule has 0 aromatic rings. The van der Waals surface area contributed by atoms with Crippen molar-refractivity contribution in [3.8, 4) is 0 Å². The highest BCUT2D eigenvalue weighted by Crippen LogP contribution is 2.40. The van der Waals surface area contributed by atoms with Gasteiger partial charge in [-0.2, -0.15) is 0 Å². The molecule has 1 aliphatic carbocycles. The molecule has 0 amide bonds. The topological polar surface area (TPSA) is 49.8 Å². The lowest BCUT2D eigenvalue weighted by Crippen LogP contribution is -2.53. The van der Waals surface area contributed by atoms with Gasteiger partial charge in [-0.25, -0.2) is 0 Å². The maximum absolute atomic E-state index is 11.5. The zero-order valence-electron chi connectivity index (χ0n) is 10.6. The number of carbonyl (C=O) groups excluding carboxylic acids is 1. The zero-order chi connectivity index (χ0) is 12.3. The van der Waals surface area contributed by atoms with Crippen molar-refractivity contribution in [3.05, 3.63) is 0 Å². The number of nitrogens with zero attached hydrogens (tertiary/aromatic N) is 1. The van der Waals surface area contributed by atoms with Gasteiger partial charge in [0, 0.05) is 25.6 Å². The number of fused-ring (bicyclic) bond motifs is 3. The Labute approximate surface area is 103 Å². The molecule has 1 N–H and O–H groups in total. The van der Waals surface area contributed by atoms with Crippen LogP contribution in [0.15, 0.2) is 0 Å². The van der Waals surface area contributed by atoms with E-state index in [1.54, 1.807) is 0 Å². The molecule has 3 aliphatic rings. The van der Waals surface area contributed by atoms with E-state index in [9.17, 15) is 4.79 Å². The van der Waals surface area contributed by atoms with Crippen LogP contribution in [0.5, 0.6) is 0 Å². The summed E-state index contributed by atoms with van der Waals surface area (Å²) in [6.45, 7) is 4.42. The van der Waals surface area contributed by atoms with Gasteiger partial charge < -0.3 is 9.84 Å². The van der Waals surface area contributed by atoms with E-state index in [0.29, 0.717) is 30.9 Å². The van der Waals surface area contributed by atoms with E-state index < -0.39 is 0 Å². The highest BCUT2D eigenvalue weighted by molar-refractivity contribution is 5.69. The van der Waals surface area contributed by atoms with Crippen LogP contribution in [0.3, 0.4) is 0 Å². The third kappa shape index (κ3) is 2.99. The molecule has 0 aromatic heterocycles. The van der Waals surface area contributed by atoms with E-state index in [0.717, 1.165) is 19.5 Å². The number of ether oxygens (including phenoxy) is 1. The smallest absolute Gasteiger partial charge is 0.306 e. The maximum Gasteiger partial charge on any atom is 0.306 e. The second-order valence-corrected chi connectivity index (χ2v) is 5.21. The van der Waals surface area contributed by atoms with E-state index in [1.165, 1.54) is 12.8 Å². The summed E-state index contributed by atoms with van der Waals surface area (Å²) in [5.74, 6) is 1.08. The van der Waals surface area contributed by atoms with Crippen LogP contribution in [0.25, 0.3) is 0 Å². The number of piperidine rings is 2. The fraction of sp³-hybridized carbons (Fsp3) is 0.923. The molecule has 3 unspecified atom stereocenters. The van der Waals surface area contributed by atoms with Crippen LogP contribution in [0.4, 0.5) is 0 Å². The van der Waals surface area contributed by atoms with Crippen LogP contribution in [0.2, 0.25) is 0 Å². The lowest BCUT2D eigenvalue weighted by molar-refractivity contribution is -0.146. The molecule has 98 valence electrons. The number of carbonyl (C=O) groups is 1. The Morgan fingerprint density at radius 3 is 2.88 bits per heavy atom. The van der Waals surface area contributed by atoms with E-state index in [1.807, 2.05) is 6.92 Å².